The van der Waals surface area contributed by atoms with Crippen molar-refractivity contribution in [2.75, 3.05) is 18.0 Å². The fourth-order valence-electron chi connectivity index (χ4n) is 4.25. The third-order valence-corrected chi connectivity index (χ3v) is 5.75. The van der Waals surface area contributed by atoms with Gasteiger partial charge >= 0.3 is 0 Å². The van der Waals surface area contributed by atoms with Gasteiger partial charge in [-0.25, -0.2) is 4.68 Å². The fraction of sp³-hybridized carbons (Fsp3) is 0.476. The molecule has 6 heteroatoms. The van der Waals surface area contributed by atoms with E-state index in [9.17, 15) is 9.59 Å². The van der Waals surface area contributed by atoms with Gasteiger partial charge in [-0.05, 0) is 49.3 Å². The Hall–Kier alpha value is -2.63. The second-order valence-electron chi connectivity index (χ2n) is 7.59. The second-order valence-corrected chi connectivity index (χ2v) is 7.59. The molecule has 0 spiro atoms. The molecule has 6 nitrogen and oxygen atoms in total. The summed E-state index contributed by atoms with van der Waals surface area (Å²) in [4.78, 5) is 26.6. The first-order chi connectivity index (χ1) is 13.1. The Morgan fingerprint density at radius 1 is 1.15 bits per heavy atom. The summed E-state index contributed by atoms with van der Waals surface area (Å²) < 4.78 is 1.35. The summed E-state index contributed by atoms with van der Waals surface area (Å²) in [5.74, 6) is 0.843. The SMILES string of the molecule is Cn1nc(N2CCC[C@H](C(=O)N[C@H]3CCCc4ccccc43)C2)ccc1=O. The van der Waals surface area contributed by atoms with E-state index in [4.69, 9.17) is 0 Å². The number of aromatic nitrogens is 2. The summed E-state index contributed by atoms with van der Waals surface area (Å²) in [5, 5.41) is 7.63. The molecule has 2 atom stereocenters. The van der Waals surface area contributed by atoms with Crippen LogP contribution in [0.5, 0.6) is 0 Å². The number of hydrogen-bond donors (Lipinski definition) is 1. The van der Waals surface area contributed by atoms with Crippen LogP contribution in [-0.2, 0) is 18.3 Å². The molecule has 1 amide bonds. The van der Waals surface area contributed by atoms with Gasteiger partial charge in [-0.3, -0.25) is 9.59 Å². The highest BCUT2D eigenvalue weighted by atomic mass is 16.2. The van der Waals surface area contributed by atoms with Crippen LogP contribution in [-0.4, -0.2) is 28.8 Å². The van der Waals surface area contributed by atoms with Gasteiger partial charge in [0.25, 0.3) is 5.56 Å². The van der Waals surface area contributed by atoms with Crippen LogP contribution < -0.4 is 15.8 Å². The molecule has 1 aromatic carbocycles. The van der Waals surface area contributed by atoms with Crippen LogP contribution in [0.4, 0.5) is 5.82 Å². The number of anilines is 1. The third kappa shape index (κ3) is 3.75. The molecule has 4 rings (SSSR count). The number of benzene rings is 1. The van der Waals surface area contributed by atoms with Crippen molar-refractivity contribution in [2.24, 2.45) is 13.0 Å². The molecule has 2 aliphatic rings. The monoisotopic (exact) mass is 366 g/mol. The predicted molar refractivity (Wildman–Crippen MR) is 105 cm³/mol. The Balaban J connectivity index is 1.45. The number of rotatable bonds is 3. The number of carbonyl (C=O) groups is 1. The van der Waals surface area contributed by atoms with E-state index in [1.54, 1.807) is 13.1 Å². The lowest BCUT2D eigenvalue weighted by atomic mass is 9.87. The molecular formula is C21H26N4O2. The minimum Gasteiger partial charge on any atom is -0.354 e. The van der Waals surface area contributed by atoms with Gasteiger partial charge in [-0.1, -0.05) is 24.3 Å². The Labute approximate surface area is 159 Å². The molecule has 27 heavy (non-hydrogen) atoms. The van der Waals surface area contributed by atoms with Crippen molar-refractivity contribution in [2.45, 2.75) is 38.1 Å². The van der Waals surface area contributed by atoms with Gasteiger partial charge < -0.3 is 10.2 Å². The van der Waals surface area contributed by atoms with Gasteiger partial charge in [-0.15, -0.1) is 0 Å². The maximum atomic E-state index is 13.0. The highest BCUT2D eigenvalue weighted by Crippen LogP contribution is 2.30. The summed E-state index contributed by atoms with van der Waals surface area (Å²) in [7, 11) is 1.65. The summed E-state index contributed by atoms with van der Waals surface area (Å²) in [6.07, 6.45) is 5.05. The lowest BCUT2D eigenvalue weighted by Gasteiger charge is -2.34. The number of hydrogen-bond acceptors (Lipinski definition) is 4. The summed E-state index contributed by atoms with van der Waals surface area (Å²) >= 11 is 0. The van der Waals surface area contributed by atoms with Gasteiger partial charge in [0.15, 0.2) is 0 Å². The molecule has 1 saturated heterocycles. The van der Waals surface area contributed by atoms with Crippen molar-refractivity contribution in [3.63, 3.8) is 0 Å². The number of nitrogens with zero attached hydrogens (tertiary/aromatic N) is 3. The molecular weight excluding hydrogens is 340 g/mol. The quantitative estimate of drug-likeness (QED) is 0.904. The minimum absolute atomic E-state index is 0.0492. The van der Waals surface area contributed by atoms with Crippen molar-refractivity contribution in [3.8, 4) is 0 Å². The Kier molecular flexibility index (Phi) is 4.97. The van der Waals surface area contributed by atoms with Crippen molar-refractivity contribution >= 4 is 11.7 Å². The van der Waals surface area contributed by atoms with Crippen LogP contribution >= 0.6 is 0 Å². The Bertz CT molecular complexity index is 892. The zero-order valence-electron chi connectivity index (χ0n) is 15.7. The van der Waals surface area contributed by atoms with Gasteiger partial charge in [-0.2, -0.15) is 5.10 Å². The number of aryl methyl sites for hydroxylation is 2. The lowest BCUT2D eigenvalue weighted by molar-refractivity contribution is -0.126. The van der Waals surface area contributed by atoms with Crippen molar-refractivity contribution in [3.05, 3.63) is 57.9 Å². The maximum absolute atomic E-state index is 13.0. The predicted octanol–water partition coefficient (Wildman–Crippen LogP) is 2.19. The first-order valence-electron chi connectivity index (χ1n) is 9.79. The zero-order chi connectivity index (χ0) is 18.8. The van der Waals surface area contributed by atoms with Gasteiger partial charge in [0, 0.05) is 26.2 Å². The average Bonchev–Trinajstić information content (AvgIpc) is 2.70. The minimum atomic E-state index is -0.124. The van der Waals surface area contributed by atoms with E-state index in [0.717, 1.165) is 44.5 Å². The van der Waals surface area contributed by atoms with Crippen molar-refractivity contribution in [1.82, 2.24) is 15.1 Å². The second kappa shape index (κ2) is 7.55. The van der Waals surface area contributed by atoms with Crippen molar-refractivity contribution < 1.29 is 4.79 Å². The smallest absolute Gasteiger partial charge is 0.266 e. The van der Waals surface area contributed by atoms with E-state index in [1.165, 1.54) is 21.9 Å². The first-order valence-corrected chi connectivity index (χ1v) is 9.79. The van der Waals surface area contributed by atoms with Crippen LogP contribution in [0.1, 0.15) is 42.9 Å². The molecule has 0 radical (unpaired) electrons. The standard InChI is InChI=1S/C21H26N4O2/c1-24-20(26)12-11-19(23-24)25-13-5-8-16(14-25)21(27)22-18-10-4-7-15-6-2-3-9-17(15)18/h2-3,6,9,11-12,16,18H,4-5,7-8,10,13-14H2,1H3,(H,22,27)/t16-,18-/m0/s1. The fourth-order valence-corrected chi connectivity index (χ4v) is 4.25. The van der Waals surface area contributed by atoms with E-state index in [1.807, 2.05) is 0 Å². The van der Waals surface area contributed by atoms with E-state index in [0.29, 0.717) is 6.54 Å². The van der Waals surface area contributed by atoms with E-state index in [-0.39, 0.29) is 23.4 Å². The lowest BCUT2D eigenvalue weighted by Crippen LogP contribution is -2.45. The molecule has 2 heterocycles. The highest BCUT2D eigenvalue weighted by molar-refractivity contribution is 5.80. The van der Waals surface area contributed by atoms with Crippen LogP contribution in [0, 0.1) is 5.92 Å². The summed E-state index contributed by atoms with van der Waals surface area (Å²) in [6, 6.07) is 11.8. The molecule has 1 aliphatic carbocycles. The molecule has 1 aromatic heterocycles. The molecule has 1 aliphatic heterocycles. The van der Waals surface area contributed by atoms with Crippen LogP contribution in [0.3, 0.4) is 0 Å². The van der Waals surface area contributed by atoms with Crippen LogP contribution in [0.25, 0.3) is 0 Å². The van der Waals surface area contributed by atoms with Crippen molar-refractivity contribution in [1.29, 1.82) is 0 Å². The summed E-state index contributed by atoms with van der Waals surface area (Å²) in [6.45, 7) is 1.51. The normalized spacial score (nSPS) is 22.2. The molecule has 2 aromatic rings. The molecule has 1 N–H and O–H groups in total. The molecule has 1 fully saturated rings. The van der Waals surface area contributed by atoms with Crippen LogP contribution in [0.15, 0.2) is 41.2 Å². The Morgan fingerprint density at radius 2 is 2.00 bits per heavy atom. The largest absolute Gasteiger partial charge is 0.354 e. The summed E-state index contributed by atoms with van der Waals surface area (Å²) in [5.41, 5.74) is 2.50. The molecule has 0 bridgehead atoms. The maximum Gasteiger partial charge on any atom is 0.266 e. The Morgan fingerprint density at radius 3 is 2.85 bits per heavy atom. The first kappa shape index (κ1) is 17.8. The topological polar surface area (TPSA) is 67.2 Å². The number of piperidine rings is 1. The van der Waals surface area contributed by atoms with Gasteiger partial charge in [0.05, 0.1) is 12.0 Å². The number of amides is 1. The molecule has 0 saturated carbocycles. The van der Waals surface area contributed by atoms with Gasteiger partial charge in [0.2, 0.25) is 5.91 Å². The molecule has 0 unspecified atom stereocenters. The zero-order valence-corrected chi connectivity index (χ0v) is 15.7. The van der Waals surface area contributed by atoms with E-state index in [2.05, 4.69) is 39.6 Å². The number of carbonyl (C=O) groups excluding carboxylic acids is 1. The molecule has 142 valence electrons. The average molecular weight is 366 g/mol. The van der Waals surface area contributed by atoms with Crippen LogP contribution in [0.2, 0.25) is 0 Å². The number of nitrogens with one attached hydrogen (secondary N) is 1. The number of fused-ring (bicyclic) bond motifs is 1. The highest BCUT2D eigenvalue weighted by Gasteiger charge is 2.29. The van der Waals surface area contributed by atoms with E-state index >= 15 is 0 Å². The van der Waals surface area contributed by atoms with Gasteiger partial charge in [0.1, 0.15) is 5.82 Å². The third-order valence-electron chi connectivity index (χ3n) is 5.75. The van der Waals surface area contributed by atoms with E-state index < -0.39 is 0 Å².